The minimum Gasteiger partial charge on any atom is -0.295 e. The third kappa shape index (κ3) is 3.83. The molecule has 2 atom stereocenters. The molecule has 0 spiro atoms. The van der Waals surface area contributed by atoms with E-state index in [1.54, 1.807) is 24.3 Å². The smallest absolute Gasteiger partial charge is 0.179 e. The van der Waals surface area contributed by atoms with Crippen molar-refractivity contribution in [1.29, 1.82) is 5.26 Å². The molecule has 0 aliphatic heterocycles. The maximum atomic E-state index is 12.2. The van der Waals surface area contributed by atoms with Crippen molar-refractivity contribution < 1.29 is 4.79 Å². The highest BCUT2D eigenvalue weighted by Crippen LogP contribution is 2.14. The van der Waals surface area contributed by atoms with Crippen molar-refractivity contribution in [3.8, 4) is 6.07 Å². The zero-order valence-corrected chi connectivity index (χ0v) is 11.6. The fourth-order valence-corrected chi connectivity index (χ4v) is 1.90. The van der Waals surface area contributed by atoms with E-state index in [-0.39, 0.29) is 17.7 Å². The van der Waals surface area contributed by atoms with E-state index in [0.29, 0.717) is 17.1 Å². The number of Topliss-reactive ketones (excluding diaryl/α,β-unsaturated/α-hetero) is 1. The molecular formula is C14H17ClN2O. The molecule has 1 aromatic rings. The lowest BCUT2D eigenvalue weighted by molar-refractivity contribution is 0.0862. The number of hydrogen-bond donors (Lipinski definition) is 0. The number of carbonyl (C=O) groups excluding carboxylic acids is 1. The van der Waals surface area contributed by atoms with E-state index in [1.165, 1.54) is 0 Å². The summed E-state index contributed by atoms with van der Waals surface area (Å²) < 4.78 is 0. The number of benzene rings is 1. The van der Waals surface area contributed by atoms with Crippen molar-refractivity contribution in [3.05, 3.63) is 34.9 Å². The van der Waals surface area contributed by atoms with Gasteiger partial charge in [0.2, 0.25) is 0 Å². The van der Waals surface area contributed by atoms with Gasteiger partial charge in [-0.2, -0.15) is 5.26 Å². The van der Waals surface area contributed by atoms with E-state index in [4.69, 9.17) is 16.9 Å². The number of hydrogen-bond acceptors (Lipinski definition) is 3. The summed E-state index contributed by atoms with van der Waals surface area (Å²) in [6.07, 6.45) is 0. The highest BCUT2D eigenvalue weighted by molar-refractivity contribution is 6.31. The number of rotatable bonds is 5. The van der Waals surface area contributed by atoms with Crippen LogP contribution in [-0.4, -0.2) is 30.3 Å². The van der Waals surface area contributed by atoms with Gasteiger partial charge in [0.25, 0.3) is 0 Å². The van der Waals surface area contributed by atoms with Crippen LogP contribution in [0.1, 0.15) is 24.2 Å². The Kier molecular flexibility index (Phi) is 5.33. The van der Waals surface area contributed by atoms with Gasteiger partial charge in [0.05, 0.1) is 18.0 Å². The Morgan fingerprint density at radius 2 is 2.17 bits per heavy atom. The number of carbonyl (C=O) groups is 1. The van der Waals surface area contributed by atoms with Crippen LogP contribution in [0.2, 0.25) is 5.02 Å². The zero-order chi connectivity index (χ0) is 13.7. The summed E-state index contributed by atoms with van der Waals surface area (Å²) >= 11 is 5.87. The van der Waals surface area contributed by atoms with E-state index < -0.39 is 0 Å². The van der Waals surface area contributed by atoms with Crippen LogP contribution in [0.25, 0.3) is 0 Å². The van der Waals surface area contributed by atoms with Gasteiger partial charge in [-0.3, -0.25) is 9.69 Å². The summed E-state index contributed by atoms with van der Waals surface area (Å²) in [7, 11) is 1.85. The van der Waals surface area contributed by atoms with Crippen LogP contribution in [-0.2, 0) is 0 Å². The number of halogens is 1. The number of likely N-dealkylation sites (N-methyl/N-ethyl adjacent to an activating group) is 1. The maximum Gasteiger partial charge on any atom is 0.179 e. The predicted octanol–water partition coefficient (Wildman–Crippen LogP) is 3.00. The van der Waals surface area contributed by atoms with Gasteiger partial charge in [-0.25, -0.2) is 0 Å². The highest BCUT2D eigenvalue weighted by atomic mass is 35.5. The standard InChI is InChI=1S/C14H17ClN2O/c1-10(8-16)9-17(3)11(2)14(18)12-5-4-6-13(15)7-12/h4-7,10-11H,9H2,1-3H3. The summed E-state index contributed by atoms with van der Waals surface area (Å²) in [5.41, 5.74) is 0.603. The van der Waals surface area contributed by atoms with Crippen LogP contribution in [0.3, 0.4) is 0 Å². The molecule has 0 saturated heterocycles. The molecule has 0 aliphatic rings. The molecule has 0 bridgehead atoms. The highest BCUT2D eigenvalue weighted by Gasteiger charge is 2.20. The number of nitrogens with zero attached hydrogens (tertiary/aromatic N) is 2. The SMILES string of the molecule is CC(C#N)CN(C)C(C)C(=O)c1cccc(Cl)c1. The lowest BCUT2D eigenvalue weighted by Crippen LogP contribution is -2.38. The molecule has 1 rings (SSSR count). The van der Waals surface area contributed by atoms with Gasteiger partial charge in [-0.05, 0) is 33.0 Å². The van der Waals surface area contributed by atoms with Gasteiger partial charge in [0, 0.05) is 17.1 Å². The average molecular weight is 265 g/mol. The largest absolute Gasteiger partial charge is 0.295 e. The normalized spacial score (nSPS) is 14.0. The minimum atomic E-state index is -0.265. The minimum absolute atomic E-state index is 0.0186. The first-order valence-electron chi connectivity index (χ1n) is 5.85. The van der Waals surface area contributed by atoms with Crippen LogP contribution in [0.4, 0.5) is 0 Å². The fourth-order valence-electron chi connectivity index (χ4n) is 1.71. The van der Waals surface area contributed by atoms with Crippen molar-refractivity contribution in [1.82, 2.24) is 4.90 Å². The quantitative estimate of drug-likeness (QED) is 0.768. The summed E-state index contributed by atoms with van der Waals surface area (Å²) in [4.78, 5) is 14.1. The average Bonchev–Trinajstić information content (AvgIpc) is 2.36. The molecule has 96 valence electrons. The fraction of sp³-hybridized carbons (Fsp3) is 0.429. The first kappa shape index (κ1) is 14.7. The molecule has 0 amide bonds. The summed E-state index contributed by atoms with van der Waals surface area (Å²) in [6, 6.07) is 8.83. The Labute approximate surface area is 113 Å². The first-order valence-corrected chi connectivity index (χ1v) is 6.23. The van der Waals surface area contributed by atoms with Crippen LogP contribution in [0, 0.1) is 17.2 Å². The van der Waals surface area contributed by atoms with Gasteiger partial charge >= 0.3 is 0 Å². The summed E-state index contributed by atoms with van der Waals surface area (Å²) in [5, 5.41) is 9.33. The molecule has 0 heterocycles. The molecular weight excluding hydrogens is 248 g/mol. The molecule has 0 saturated carbocycles. The van der Waals surface area contributed by atoms with Crippen molar-refractivity contribution in [2.24, 2.45) is 5.92 Å². The van der Waals surface area contributed by atoms with E-state index in [1.807, 2.05) is 25.8 Å². The van der Waals surface area contributed by atoms with Gasteiger partial charge in [0.1, 0.15) is 0 Å². The maximum absolute atomic E-state index is 12.2. The lowest BCUT2D eigenvalue weighted by atomic mass is 10.0. The molecule has 0 aliphatic carbocycles. The van der Waals surface area contributed by atoms with Crippen molar-refractivity contribution in [3.63, 3.8) is 0 Å². The second-order valence-electron chi connectivity index (χ2n) is 4.52. The third-order valence-corrected chi connectivity index (χ3v) is 3.17. The molecule has 2 unspecified atom stereocenters. The van der Waals surface area contributed by atoms with E-state index in [0.717, 1.165) is 0 Å². The topological polar surface area (TPSA) is 44.1 Å². The Hall–Kier alpha value is -1.37. The van der Waals surface area contributed by atoms with E-state index in [9.17, 15) is 4.79 Å². The second kappa shape index (κ2) is 6.53. The third-order valence-electron chi connectivity index (χ3n) is 2.93. The lowest BCUT2D eigenvalue weighted by Gasteiger charge is -2.24. The zero-order valence-electron chi connectivity index (χ0n) is 10.9. The Morgan fingerprint density at radius 3 is 2.72 bits per heavy atom. The summed E-state index contributed by atoms with van der Waals surface area (Å²) in [5.74, 6) is -0.0743. The summed E-state index contributed by atoms with van der Waals surface area (Å²) in [6.45, 7) is 4.25. The molecule has 1 aromatic carbocycles. The predicted molar refractivity (Wildman–Crippen MR) is 72.7 cm³/mol. The molecule has 0 radical (unpaired) electrons. The molecule has 0 aromatic heterocycles. The molecule has 3 nitrogen and oxygen atoms in total. The van der Waals surface area contributed by atoms with Crippen molar-refractivity contribution in [2.75, 3.05) is 13.6 Å². The monoisotopic (exact) mass is 264 g/mol. The second-order valence-corrected chi connectivity index (χ2v) is 4.96. The van der Waals surface area contributed by atoms with Crippen LogP contribution in [0.15, 0.2) is 24.3 Å². The molecule has 0 N–H and O–H groups in total. The molecule has 4 heteroatoms. The first-order chi connectivity index (χ1) is 8.45. The Morgan fingerprint density at radius 1 is 1.50 bits per heavy atom. The van der Waals surface area contributed by atoms with Gasteiger partial charge in [0.15, 0.2) is 5.78 Å². The van der Waals surface area contributed by atoms with Crippen LogP contribution >= 0.6 is 11.6 Å². The number of nitriles is 1. The van der Waals surface area contributed by atoms with Crippen LogP contribution in [0.5, 0.6) is 0 Å². The Balaban J connectivity index is 2.75. The van der Waals surface area contributed by atoms with Gasteiger partial charge in [-0.15, -0.1) is 0 Å². The van der Waals surface area contributed by atoms with Gasteiger partial charge in [-0.1, -0.05) is 23.7 Å². The van der Waals surface area contributed by atoms with E-state index in [2.05, 4.69) is 6.07 Å². The Bertz CT molecular complexity index is 467. The number of ketones is 1. The molecule has 0 fully saturated rings. The van der Waals surface area contributed by atoms with Crippen LogP contribution < -0.4 is 0 Å². The van der Waals surface area contributed by atoms with Crippen molar-refractivity contribution >= 4 is 17.4 Å². The van der Waals surface area contributed by atoms with E-state index >= 15 is 0 Å². The van der Waals surface area contributed by atoms with Crippen molar-refractivity contribution in [2.45, 2.75) is 19.9 Å². The molecule has 18 heavy (non-hydrogen) atoms. The van der Waals surface area contributed by atoms with Gasteiger partial charge < -0.3 is 0 Å².